The molecular formula is C17H26N4O3. The van der Waals surface area contributed by atoms with Gasteiger partial charge in [0.25, 0.3) is 0 Å². The Morgan fingerprint density at radius 2 is 2.17 bits per heavy atom. The fourth-order valence-electron chi connectivity index (χ4n) is 3.86. The zero-order chi connectivity index (χ0) is 16.7. The fourth-order valence-corrected chi connectivity index (χ4v) is 3.86. The molecule has 1 aromatic heterocycles. The summed E-state index contributed by atoms with van der Waals surface area (Å²) in [6, 6.07) is 0.271. The molecule has 0 radical (unpaired) electrons. The van der Waals surface area contributed by atoms with Crippen molar-refractivity contribution >= 4 is 5.97 Å². The van der Waals surface area contributed by atoms with Crippen LogP contribution in [0.4, 0.5) is 0 Å². The first-order valence-corrected chi connectivity index (χ1v) is 9.07. The predicted octanol–water partition coefficient (Wildman–Crippen LogP) is 1.55. The Morgan fingerprint density at radius 1 is 1.33 bits per heavy atom. The Morgan fingerprint density at radius 3 is 2.88 bits per heavy atom. The minimum Gasteiger partial charge on any atom is -0.461 e. The standard InChI is InChI=1S/C17H26N4O3/c1-11-8-14(17(22)23-11)20(2)13-4-3-7-21(9-13)10-15-18-16(24-19-15)12-5-6-12/h11-14H,3-10H2,1-2H3/t11-,13-,14-/m1/s1. The third-order valence-corrected chi connectivity index (χ3v) is 5.47. The average molecular weight is 334 g/mol. The normalized spacial score (nSPS) is 31.6. The number of cyclic esters (lactones) is 1. The van der Waals surface area contributed by atoms with Gasteiger partial charge < -0.3 is 9.26 Å². The van der Waals surface area contributed by atoms with Crippen molar-refractivity contribution in [3.05, 3.63) is 11.7 Å². The van der Waals surface area contributed by atoms with Crippen LogP contribution in [0.15, 0.2) is 4.52 Å². The van der Waals surface area contributed by atoms with E-state index in [0.29, 0.717) is 12.0 Å². The number of esters is 1. The first-order valence-electron chi connectivity index (χ1n) is 9.07. The average Bonchev–Trinajstić information content (AvgIpc) is 3.22. The summed E-state index contributed by atoms with van der Waals surface area (Å²) in [5.41, 5.74) is 0. The summed E-state index contributed by atoms with van der Waals surface area (Å²) in [5, 5.41) is 4.13. The third kappa shape index (κ3) is 3.32. The summed E-state index contributed by atoms with van der Waals surface area (Å²) >= 11 is 0. The molecule has 3 heterocycles. The zero-order valence-electron chi connectivity index (χ0n) is 14.5. The molecule has 0 spiro atoms. The highest BCUT2D eigenvalue weighted by Crippen LogP contribution is 2.38. The van der Waals surface area contributed by atoms with Crippen LogP contribution in [0.2, 0.25) is 0 Å². The molecule has 1 aliphatic carbocycles. The molecule has 4 rings (SSSR count). The maximum atomic E-state index is 12.0. The lowest BCUT2D eigenvalue weighted by Gasteiger charge is -2.38. The van der Waals surface area contributed by atoms with Gasteiger partial charge in [-0.05, 0) is 46.2 Å². The van der Waals surface area contributed by atoms with Crippen molar-refractivity contribution < 1.29 is 14.1 Å². The van der Waals surface area contributed by atoms with Gasteiger partial charge in [0.2, 0.25) is 5.89 Å². The Hall–Kier alpha value is -1.47. The van der Waals surface area contributed by atoms with E-state index in [0.717, 1.165) is 50.6 Å². The van der Waals surface area contributed by atoms with Crippen molar-refractivity contribution in [2.45, 2.75) is 69.7 Å². The number of likely N-dealkylation sites (N-methyl/N-ethyl adjacent to an activating group) is 1. The highest BCUT2D eigenvalue weighted by Gasteiger charge is 2.38. The SMILES string of the molecule is C[C@@H]1C[C@@H](N(C)[C@@H]2CCCN(Cc3noc(C4CC4)n3)C2)C(=O)O1. The number of hydrogen-bond acceptors (Lipinski definition) is 7. The highest BCUT2D eigenvalue weighted by molar-refractivity contribution is 5.78. The van der Waals surface area contributed by atoms with E-state index in [4.69, 9.17) is 9.26 Å². The molecule has 1 saturated carbocycles. The Kier molecular flexibility index (Phi) is 4.30. The van der Waals surface area contributed by atoms with E-state index in [1.807, 2.05) is 6.92 Å². The summed E-state index contributed by atoms with van der Waals surface area (Å²) < 4.78 is 10.7. The summed E-state index contributed by atoms with van der Waals surface area (Å²) in [7, 11) is 2.05. The van der Waals surface area contributed by atoms with Gasteiger partial charge in [-0.3, -0.25) is 14.6 Å². The minimum atomic E-state index is -0.100. The van der Waals surface area contributed by atoms with Gasteiger partial charge in [0.05, 0.1) is 6.54 Å². The number of hydrogen-bond donors (Lipinski definition) is 0. The van der Waals surface area contributed by atoms with Crippen LogP contribution >= 0.6 is 0 Å². The molecule has 132 valence electrons. The topological polar surface area (TPSA) is 71.7 Å². The van der Waals surface area contributed by atoms with Gasteiger partial charge in [0, 0.05) is 24.9 Å². The molecule has 0 bridgehead atoms. The molecule has 3 fully saturated rings. The van der Waals surface area contributed by atoms with Crippen LogP contribution in [0.5, 0.6) is 0 Å². The first-order chi connectivity index (χ1) is 11.6. The van der Waals surface area contributed by atoms with Crippen LogP contribution in [-0.4, -0.2) is 64.2 Å². The second-order valence-electron chi connectivity index (χ2n) is 7.52. The van der Waals surface area contributed by atoms with Crippen LogP contribution in [-0.2, 0) is 16.1 Å². The van der Waals surface area contributed by atoms with Crippen molar-refractivity contribution in [3.8, 4) is 0 Å². The van der Waals surface area contributed by atoms with Crippen molar-refractivity contribution in [2.75, 3.05) is 20.1 Å². The molecule has 1 aromatic rings. The van der Waals surface area contributed by atoms with E-state index < -0.39 is 0 Å². The molecule has 2 saturated heterocycles. The van der Waals surface area contributed by atoms with Gasteiger partial charge in [0.1, 0.15) is 12.1 Å². The van der Waals surface area contributed by atoms with Gasteiger partial charge in [-0.2, -0.15) is 4.98 Å². The molecule has 0 aromatic carbocycles. The van der Waals surface area contributed by atoms with E-state index in [1.165, 1.54) is 12.8 Å². The van der Waals surface area contributed by atoms with Gasteiger partial charge in [0.15, 0.2) is 5.82 Å². The van der Waals surface area contributed by atoms with Crippen molar-refractivity contribution in [3.63, 3.8) is 0 Å². The maximum absolute atomic E-state index is 12.0. The molecule has 0 N–H and O–H groups in total. The fraction of sp³-hybridized carbons (Fsp3) is 0.824. The van der Waals surface area contributed by atoms with E-state index in [2.05, 4.69) is 27.0 Å². The second-order valence-corrected chi connectivity index (χ2v) is 7.52. The van der Waals surface area contributed by atoms with Crippen LogP contribution < -0.4 is 0 Å². The number of carbonyl (C=O) groups excluding carboxylic acids is 1. The van der Waals surface area contributed by atoms with E-state index in [-0.39, 0.29) is 18.1 Å². The molecule has 7 heteroatoms. The quantitative estimate of drug-likeness (QED) is 0.757. The molecule has 3 atom stereocenters. The van der Waals surface area contributed by atoms with Crippen LogP contribution in [0, 0.1) is 0 Å². The van der Waals surface area contributed by atoms with Crippen LogP contribution in [0.3, 0.4) is 0 Å². The Balaban J connectivity index is 1.35. The number of nitrogens with zero attached hydrogens (tertiary/aromatic N) is 4. The number of aromatic nitrogens is 2. The molecule has 2 aliphatic heterocycles. The van der Waals surface area contributed by atoms with Crippen molar-refractivity contribution in [1.29, 1.82) is 0 Å². The highest BCUT2D eigenvalue weighted by atomic mass is 16.6. The summed E-state index contributed by atoms with van der Waals surface area (Å²) in [4.78, 5) is 21.1. The monoisotopic (exact) mass is 334 g/mol. The number of carbonyl (C=O) groups is 1. The number of likely N-dealkylation sites (tertiary alicyclic amines) is 1. The minimum absolute atomic E-state index is 0.0322. The maximum Gasteiger partial charge on any atom is 0.323 e. The summed E-state index contributed by atoms with van der Waals surface area (Å²) in [6.07, 6.45) is 5.42. The van der Waals surface area contributed by atoms with Crippen LogP contribution in [0.25, 0.3) is 0 Å². The summed E-state index contributed by atoms with van der Waals surface area (Å²) in [5.74, 6) is 2.02. The van der Waals surface area contributed by atoms with Crippen molar-refractivity contribution in [2.24, 2.45) is 0 Å². The molecule has 0 unspecified atom stereocenters. The first kappa shape index (κ1) is 16.0. The summed E-state index contributed by atoms with van der Waals surface area (Å²) in [6.45, 7) is 4.67. The lowest BCUT2D eigenvalue weighted by molar-refractivity contribution is -0.145. The molecule has 0 amide bonds. The Bertz CT molecular complexity index is 600. The predicted molar refractivity (Wildman–Crippen MR) is 86.3 cm³/mol. The number of ether oxygens (including phenoxy) is 1. The van der Waals surface area contributed by atoms with Gasteiger partial charge >= 0.3 is 5.97 Å². The number of piperidine rings is 1. The van der Waals surface area contributed by atoms with E-state index >= 15 is 0 Å². The van der Waals surface area contributed by atoms with E-state index in [1.54, 1.807) is 0 Å². The molecule has 7 nitrogen and oxygen atoms in total. The molecule has 3 aliphatic rings. The Labute approximate surface area is 142 Å². The smallest absolute Gasteiger partial charge is 0.323 e. The number of rotatable bonds is 5. The van der Waals surface area contributed by atoms with E-state index in [9.17, 15) is 4.79 Å². The third-order valence-electron chi connectivity index (χ3n) is 5.47. The lowest BCUT2D eigenvalue weighted by atomic mass is 10.0. The lowest BCUT2D eigenvalue weighted by Crippen LogP contribution is -2.51. The molecule has 24 heavy (non-hydrogen) atoms. The zero-order valence-corrected chi connectivity index (χ0v) is 14.5. The van der Waals surface area contributed by atoms with Gasteiger partial charge in [-0.1, -0.05) is 5.16 Å². The largest absolute Gasteiger partial charge is 0.461 e. The van der Waals surface area contributed by atoms with Crippen molar-refractivity contribution in [1.82, 2.24) is 19.9 Å². The van der Waals surface area contributed by atoms with Crippen LogP contribution in [0.1, 0.15) is 56.7 Å². The van der Waals surface area contributed by atoms with Gasteiger partial charge in [-0.15, -0.1) is 0 Å². The molecular weight excluding hydrogens is 308 g/mol. The second kappa shape index (κ2) is 6.44. The van der Waals surface area contributed by atoms with Gasteiger partial charge in [-0.25, -0.2) is 0 Å².